The average molecular weight is 379 g/mol. The largest absolute Gasteiger partial charge is 0.490 e. The summed E-state index contributed by atoms with van der Waals surface area (Å²) in [5.41, 5.74) is -0.303. The minimum atomic E-state index is -1.14. The number of unbranched alkanes of at least 4 members (excludes halogenated alkanes) is 5. The summed E-state index contributed by atoms with van der Waals surface area (Å²) in [6.07, 6.45) is 11.9. The van der Waals surface area contributed by atoms with Gasteiger partial charge in [0.05, 0.1) is 18.3 Å². The first-order valence-corrected chi connectivity index (χ1v) is 10.3. The first-order valence-electron chi connectivity index (χ1n) is 10.3. The Kier molecular flexibility index (Phi) is 9.55. The van der Waals surface area contributed by atoms with Gasteiger partial charge in [-0.05, 0) is 50.2 Å². The van der Waals surface area contributed by atoms with E-state index in [-0.39, 0.29) is 11.3 Å². The van der Waals surface area contributed by atoms with E-state index in [0.717, 1.165) is 38.7 Å². The molecule has 1 aliphatic carbocycles. The van der Waals surface area contributed by atoms with E-state index in [1.807, 2.05) is 0 Å². The van der Waals surface area contributed by atoms with Crippen LogP contribution in [0, 0.1) is 28.9 Å². The fourth-order valence-electron chi connectivity index (χ4n) is 3.53. The van der Waals surface area contributed by atoms with Crippen molar-refractivity contribution in [1.82, 2.24) is 0 Å². The molecule has 27 heavy (non-hydrogen) atoms. The normalized spacial score (nSPS) is 19.6. The predicted molar refractivity (Wildman–Crippen MR) is 102 cm³/mol. The van der Waals surface area contributed by atoms with Gasteiger partial charge in [-0.25, -0.2) is 4.39 Å². The molecule has 0 aromatic heterocycles. The summed E-state index contributed by atoms with van der Waals surface area (Å²) in [6.45, 7) is 3.43. The Morgan fingerprint density at radius 3 is 2.41 bits per heavy atom. The zero-order valence-corrected chi connectivity index (χ0v) is 16.3. The van der Waals surface area contributed by atoms with E-state index in [1.54, 1.807) is 6.07 Å². The van der Waals surface area contributed by atoms with Crippen LogP contribution in [0.1, 0.15) is 76.7 Å². The first-order chi connectivity index (χ1) is 13.2. The van der Waals surface area contributed by atoms with Crippen molar-refractivity contribution in [2.24, 2.45) is 5.92 Å². The van der Waals surface area contributed by atoms with Gasteiger partial charge in [-0.3, -0.25) is 0 Å². The first kappa shape index (κ1) is 21.6. The summed E-state index contributed by atoms with van der Waals surface area (Å²) in [4.78, 5) is 0. The molecule has 1 aliphatic rings. The van der Waals surface area contributed by atoms with Crippen molar-refractivity contribution in [3.05, 3.63) is 29.3 Å². The van der Waals surface area contributed by atoms with Crippen molar-refractivity contribution in [2.75, 3.05) is 13.2 Å². The van der Waals surface area contributed by atoms with Crippen molar-refractivity contribution in [1.29, 1.82) is 5.26 Å². The number of nitriles is 1. The third-order valence-electron chi connectivity index (χ3n) is 5.29. The Balaban J connectivity index is 1.61. The van der Waals surface area contributed by atoms with E-state index >= 15 is 0 Å². The number of halogens is 2. The van der Waals surface area contributed by atoms with Gasteiger partial charge in [0.2, 0.25) is 5.82 Å². The predicted octanol–water partition coefficient (Wildman–Crippen LogP) is 6.15. The second-order valence-corrected chi connectivity index (χ2v) is 7.44. The average Bonchev–Trinajstić information content (AvgIpc) is 2.69. The molecule has 0 spiro atoms. The standard InChI is InChI=1S/C22H31F2NO2/c1-2-3-4-5-6-7-14-26-19-11-8-17(9-12-19)16-27-20-13-10-18(15-25)21(23)22(20)24/h10,13,17,19H,2-9,11-12,14,16H2,1H3. The van der Waals surface area contributed by atoms with Crippen LogP contribution in [-0.2, 0) is 4.74 Å². The van der Waals surface area contributed by atoms with E-state index < -0.39 is 11.6 Å². The summed E-state index contributed by atoms with van der Waals surface area (Å²) < 4.78 is 38.9. The lowest BCUT2D eigenvalue weighted by Gasteiger charge is -2.28. The molecule has 1 aromatic carbocycles. The van der Waals surface area contributed by atoms with Crippen molar-refractivity contribution in [3.8, 4) is 11.8 Å². The molecule has 0 radical (unpaired) electrons. The summed E-state index contributed by atoms with van der Waals surface area (Å²) in [5, 5.41) is 8.71. The summed E-state index contributed by atoms with van der Waals surface area (Å²) in [5.74, 6) is -2.00. The second kappa shape index (κ2) is 11.9. The Labute approximate surface area is 161 Å². The Morgan fingerprint density at radius 2 is 1.70 bits per heavy atom. The fourth-order valence-corrected chi connectivity index (χ4v) is 3.53. The number of nitrogens with zero attached hydrogens (tertiary/aromatic N) is 1. The van der Waals surface area contributed by atoms with Crippen molar-refractivity contribution < 1.29 is 18.3 Å². The van der Waals surface area contributed by atoms with Gasteiger partial charge in [-0.15, -0.1) is 0 Å². The maximum atomic E-state index is 13.9. The molecule has 0 bridgehead atoms. The molecule has 0 atom stereocenters. The number of ether oxygens (including phenoxy) is 2. The van der Waals surface area contributed by atoms with Gasteiger partial charge < -0.3 is 9.47 Å². The summed E-state index contributed by atoms with van der Waals surface area (Å²) in [7, 11) is 0. The molecule has 0 amide bonds. The van der Waals surface area contributed by atoms with Crippen LogP contribution in [-0.4, -0.2) is 19.3 Å². The van der Waals surface area contributed by atoms with Crippen LogP contribution in [0.5, 0.6) is 5.75 Å². The molecular weight excluding hydrogens is 348 g/mol. The van der Waals surface area contributed by atoms with Gasteiger partial charge in [0.15, 0.2) is 11.6 Å². The molecule has 2 rings (SSSR count). The molecular formula is C22H31F2NO2. The van der Waals surface area contributed by atoms with E-state index in [2.05, 4.69) is 6.92 Å². The molecule has 0 N–H and O–H groups in total. The number of hydrogen-bond acceptors (Lipinski definition) is 3. The Morgan fingerprint density at radius 1 is 1.00 bits per heavy atom. The molecule has 3 nitrogen and oxygen atoms in total. The SMILES string of the molecule is CCCCCCCCOC1CCC(COc2ccc(C#N)c(F)c2F)CC1. The molecule has 0 heterocycles. The third kappa shape index (κ3) is 7.10. The van der Waals surface area contributed by atoms with Crippen LogP contribution in [0.25, 0.3) is 0 Å². The lowest BCUT2D eigenvalue weighted by molar-refractivity contribution is 0.0108. The van der Waals surface area contributed by atoms with Crippen molar-refractivity contribution in [2.45, 2.75) is 77.2 Å². The zero-order chi connectivity index (χ0) is 19.5. The molecule has 1 saturated carbocycles. The minimum Gasteiger partial charge on any atom is -0.490 e. The molecule has 150 valence electrons. The summed E-state index contributed by atoms with van der Waals surface area (Å²) in [6, 6.07) is 4.20. The highest BCUT2D eigenvalue weighted by Crippen LogP contribution is 2.29. The molecule has 0 saturated heterocycles. The summed E-state index contributed by atoms with van der Waals surface area (Å²) >= 11 is 0. The molecule has 0 unspecified atom stereocenters. The lowest BCUT2D eigenvalue weighted by Crippen LogP contribution is -2.25. The van der Waals surface area contributed by atoms with Gasteiger partial charge in [-0.2, -0.15) is 9.65 Å². The smallest absolute Gasteiger partial charge is 0.201 e. The Hall–Kier alpha value is -1.67. The maximum Gasteiger partial charge on any atom is 0.201 e. The van der Waals surface area contributed by atoms with Crippen LogP contribution in [0.2, 0.25) is 0 Å². The second-order valence-electron chi connectivity index (χ2n) is 7.44. The van der Waals surface area contributed by atoms with Crippen LogP contribution >= 0.6 is 0 Å². The number of hydrogen-bond donors (Lipinski definition) is 0. The highest BCUT2D eigenvalue weighted by Gasteiger charge is 2.23. The molecule has 0 aliphatic heterocycles. The number of rotatable bonds is 11. The Bertz CT molecular complexity index is 607. The highest BCUT2D eigenvalue weighted by molar-refractivity contribution is 5.37. The lowest BCUT2D eigenvalue weighted by atomic mass is 9.88. The van der Waals surface area contributed by atoms with Crippen LogP contribution in [0.3, 0.4) is 0 Å². The number of benzene rings is 1. The highest BCUT2D eigenvalue weighted by atomic mass is 19.2. The van der Waals surface area contributed by atoms with E-state index in [0.29, 0.717) is 18.6 Å². The van der Waals surface area contributed by atoms with E-state index in [9.17, 15) is 8.78 Å². The van der Waals surface area contributed by atoms with Crippen molar-refractivity contribution >= 4 is 0 Å². The van der Waals surface area contributed by atoms with Gasteiger partial charge in [-0.1, -0.05) is 39.0 Å². The topological polar surface area (TPSA) is 42.2 Å². The van der Waals surface area contributed by atoms with Crippen LogP contribution in [0.4, 0.5) is 8.78 Å². The van der Waals surface area contributed by atoms with Crippen LogP contribution < -0.4 is 4.74 Å². The molecule has 5 heteroatoms. The van der Waals surface area contributed by atoms with E-state index in [1.165, 1.54) is 44.2 Å². The zero-order valence-electron chi connectivity index (χ0n) is 16.3. The minimum absolute atomic E-state index is 0.118. The molecule has 1 aromatic rings. The monoisotopic (exact) mass is 379 g/mol. The quantitative estimate of drug-likeness (QED) is 0.433. The third-order valence-corrected chi connectivity index (χ3v) is 5.29. The van der Waals surface area contributed by atoms with E-state index in [4.69, 9.17) is 14.7 Å². The fraction of sp³-hybridized carbons (Fsp3) is 0.682. The van der Waals surface area contributed by atoms with Crippen molar-refractivity contribution in [3.63, 3.8) is 0 Å². The van der Waals surface area contributed by atoms with Gasteiger partial charge >= 0.3 is 0 Å². The van der Waals surface area contributed by atoms with Gasteiger partial charge in [0.1, 0.15) is 6.07 Å². The van der Waals surface area contributed by atoms with Gasteiger partial charge in [0.25, 0.3) is 0 Å². The van der Waals surface area contributed by atoms with Crippen LogP contribution in [0.15, 0.2) is 12.1 Å². The van der Waals surface area contributed by atoms with Gasteiger partial charge in [0, 0.05) is 6.61 Å². The molecule has 1 fully saturated rings. The maximum absolute atomic E-state index is 13.9.